The van der Waals surface area contributed by atoms with E-state index in [1.807, 2.05) is 61.6 Å². The van der Waals surface area contributed by atoms with Gasteiger partial charge in [0.1, 0.15) is 0 Å². The summed E-state index contributed by atoms with van der Waals surface area (Å²) in [7, 11) is -6.17. The van der Waals surface area contributed by atoms with Crippen LogP contribution in [0.1, 0.15) is 9.67 Å². The van der Waals surface area contributed by atoms with Gasteiger partial charge in [0.05, 0.1) is 14.7 Å². The third-order valence-corrected chi connectivity index (χ3v) is 10.9. The first-order valence-electron chi connectivity index (χ1n) is 8.21. The third-order valence-electron chi connectivity index (χ3n) is 3.83. The minimum atomic E-state index is -3.59. The molecular formula is C17H21O2PSi. The zero-order valence-corrected chi connectivity index (χ0v) is 14.5. The molecule has 0 amide bonds. The van der Waals surface area contributed by atoms with Crippen LogP contribution < -0.4 is 10.5 Å². The van der Waals surface area contributed by atoms with E-state index in [9.17, 15) is 4.57 Å². The number of rotatable bonds is 3. The van der Waals surface area contributed by atoms with Gasteiger partial charge in [-0.15, -0.1) is 0 Å². The van der Waals surface area contributed by atoms with Crippen molar-refractivity contribution in [3.63, 3.8) is 0 Å². The van der Waals surface area contributed by atoms with Gasteiger partial charge in [-0.25, -0.2) is 0 Å². The van der Waals surface area contributed by atoms with E-state index in [1.165, 1.54) is 0 Å². The second-order valence-corrected chi connectivity index (χ2v) is 12.3. The SMILES string of the molecule is [2H]C1([2H])[Si](C)(C)c2cccc(-c3ccccc3)c2P1(=O)OCC. The molecule has 0 radical (unpaired) electrons. The molecule has 4 heteroatoms. The van der Waals surface area contributed by atoms with Gasteiger partial charge in [0.2, 0.25) is 7.37 Å². The van der Waals surface area contributed by atoms with Crippen molar-refractivity contribution in [3.05, 3.63) is 48.5 Å². The summed E-state index contributed by atoms with van der Waals surface area (Å²) >= 11 is 0. The highest BCUT2D eigenvalue weighted by Crippen LogP contribution is 2.53. The van der Waals surface area contributed by atoms with Crippen LogP contribution in [-0.4, -0.2) is 20.4 Å². The van der Waals surface area contributed by atoms with Crippen LogP contribution >= 0.6 is 7.37 Å². The van der Waals surface area contributed by atoms with E-state index in [0.717, 1.165) is 16.3 Å². The van der Waals surface area contributed by atoms with Gasteiger partial charge >= 0.3 is 0 Å². The lowest BCUT2D eigenvalue weighted by Gasteiger charge is -2.17. The van der Waals surface area contributed by atoms with Crippen LogP contribution in [0.15, 0.2) is 48.5 Å². The summed E-state index contributed by atoms with van der Waals surface area (Å²) in [5.74, 6) is 0. The van der Waals surface area contributed by atoms with E-state index in [4.69, 9.17) is 7.27 Å². The third kappa shape index (κ3) is 2.44. The summed E-state index contributed by atoms with van der Waals surface area (Å²) in [6.07, 6.45) is 0. The normalized spacial score (nSPS) is 26.8. The summed E-state index contributed by atoms with van der Waals surface area (Å²) in [6, 6.07) is 15.5. The number of hydrogen-bond donors (Lipinski definition) is 0. The Morgan fingerprint density at radius 1 is 1.19 bits per heavy atom. The fourth-order valence-corrected chi connectivity index (χ4v) is 11.0. The van der Waals surface area contributed by atoms with E-state index < -0.39 is 21.2 Å². The van der Waals surface area contributed by atoms with Crippen molar-refractivity contribution in [2.45, 2.75) is 20.0 Å². The van der Waals surface area contributed by atoms with E-state index in [2.05, 4.69) is 0 Å². The first kappa shape index (κ1) is 12.4. The summed E-state index contributed by atoms with van der Waals surface area (Å²) in [5.41, 5.74) is -0.0166. The zero-order chi connectivity index (χ0) is 16.9. The molecule has 2 aromatic rings. The van der Waals surface area contributed by atoms with E-state index >= 15 is 0 Å². The Morgan fingerprint density at radius 3 is 2.57 bits per heavy atom. The first-order chi connectivity index (χ1) is 10.8. The van der Waals surface area contributed by atoms with Crippen molar-refractivity contribution in [1.29, 1.82) is 0 Å². The quantitative estimate of drug-likeness (QED) is 0.636. The molecule has 1 aliphatic rings. The minimum absolute atomic E-state index is 0.240. The van der Waals surface area contributed by atoms with E-state index in [1.54, 1.807) is 6.92 Å². The van der Waals surface area contributed by atoms with Crippen LogP contribution in [0.25, 0.3) is 11.1 Å². The molecule has 0 N–H and O–H groups in total. The van der Waals surface area contributed by atoms with Gasteiger partial charge in [-0.2, -0.15) is 0 Å². The Bertz CT molecular complexity index is 790. The largest absolute Gasteiger partial charge is 0.326 e. The molecule has 0 saturated carbocycles. The molecule has 2 nitrogen and oxygen atoms in total. The summed E-state index contributed by atoms with van der Waals surface area (Å²) in [6.45, 7) is 5.90. The molecule has 1 heterocycles. The van der Waals surface area contributed by atoms with Crippen molar-refractivity contribution in [2.24, 2.45) is 0 Å². The Hall–Kier alpha value is -1.15. The molecule has 0 bridgehead atoms. The molecule has 0 fully saturated rings. The van der Waals surface area contributed by atoms with Gasteiger partial charge in [-0.05, 0) is 23.2 Å². The van der Waals surface area contributed by atoms with Gasteiger partial charge < -0.3 is 4.52 Å². The molecule has 1 atom stereocenters. The number of hydrogen-bond acceptors (Lipinski definition) is 2. The molecule has 0 aromatic heterocycles. The topological polar surface area (TPSA) is 26.3 Å². The van der Waals surface area contributed by atoms with Crippen LogP contribution in [0.5, 0.6) is 0 Å². The molecule has 110 valence electrons. The van der Waals surface area contributed by atoms with Crippen LogP contribution in [0, 0.1) is 0 Å². The fourth-order valence-electron chi connectivity index (χ4n) is 2.98. The minimum Gasteiger partial charge on any atom is -0.326 e. The van der Waals surface area contributed by atoms with Gasteiger partial charge in [0.25, 0.3) is 0 Å². The molecule has 0 spiro atoms. The lowest BCUT2D eigenvalue weighted by atomic mass is 10.1. The smallest absolute Gasteiger partial charge is 0.230 e. The maximum atomic E-state index is 13.7. The Balaban J connectivity index is 2.38. The monoisotopic (exact) mass is 318 g/mol. The van der Waals surface area contributed by atoms with Gasteiger partial charge in [0, 0.05) is 13.8 Å². The molecule has 3 rings (SSSR count). The Kier molecular flexibility index (Phi) is 3.09. The maximum absolute atomic E-state index is 13.7. The molecule has 1 unspecified atom stereocenters. The van der Waals surface area contributed by atoms with E-state index in [-0.39, 0.29) is 6.61 Å². The average molecular weight is 318 g/mol. The summed E-state index contributed by atoms with van der Waals surface area (Å²) in [4.78, 5) is 0. The van der Waals surface area contributed by atoms with Crippen molar-refractivity contribution in [3.8, 4) is 11.1 Å². The van der Waals surface area contributed by atoms with Gasteiger partial charge in [-0.3, -0.25) is 4.57 Å². The molecule has 2 aromatic carbocycles. The van der Waals surface area contributed by atoms with Crippen molar-refractivity contribution < 1.29 is 11.8 Å². The fraction of sp³-hybridized carbons (Fsp3) is 0.294. The molecular weight excluding hydrogens is 295 g/mol. The molecule has 21 heavy (non-hydrogen) atoms. The first-order valence-corrected chi connectivity index (χ1v) is 11.8. The average Bonchev–Trinajstić information content (AvgIpc) is 2.65. The van der Waals surface area contributed by atoms with Crippen LogP contribution in [-0.2, 0) is 9.09 Å². The second-order valence-electron chi connectivity index (χ2n) is 5.77. The predicted octanol–water partition coefficient (Wildman–Crippen LogP) is 3.76. The van der Waals surface area contributed by atoms with Gasteiger partial charge in [-0.1, -0.05) is 61.6 Å². The summed E-state index contributed by atoms with van der Waals surface area (Å²) in [5, 5.41) is 1.52. The van der Waals surface area contributed by atoms with Crippen molar-refractivity contribution in [1.82, 2.24) is 0 Å². The molecule has 1 aliphatic heterocycles. The predicted molar refractivity (Wildman–Crippen MR) is 92.7 cm³/mol. The number of fused-ring (bicyclic) bond motifs is 1. The standard InChI is InChI=1S/C17H21O2PSi/c1-4-19-20(18)13-21(2,3)16-12-8-11-15(17(16)20)14-9-6-5-7-10-14/h5-12H,4,13H2,1-3H3/i13D2. The van der Waals surface area contributed by atoms with Crippen LogP contribution in [0.3, 0.4) is 0 Å². The van der Waals surface area contributed by atoms with E-state index in [0.29, 0.717) is 5.30 Å². The van der Waals surface area contributed by atoms with Crippen molar-refractivity contribution in [2.75, 3.05) is 12.3 Å². The Morgan fingerprint density at radius 2 is 1.90 bits per heavy atom. The number of benzene rings is 2. The summed E-state index contributed by atoms with van der Waals surface area (Å²) < 4.78 is 36.6. The highest BCUT2D eigenvalue weighted by atomic mass is 31.2. The molecule has 0 saturated heterocycles. The lowest BCUT2D eigenvalue weighted by Crippen LogP contribution is -2.44. The maximum Gasteiger partial charge on any atom is 0.230 e. The van der Waals surface area contributed by atoms with Crippen molar-refractivity contribution >= 4 is 25.9 Å². The van der Waals surface area contributed by atoms with Crippen LogP contribution in [0.2, 0.25) is 13.1 Å². The molecule has 0 aliphatic carbocycles. The van der Waals surface area contributed by atoms with Gasteiger partial charge in [0.15, 0.2) is 0 Å². The lowest BCUT2D eigenvalue weighted by molar-refractivity contribution is 0.344. The highest BCUT2D eigenvalue weighted by Gasteiger charge is 2.48. The second kappa shape index (κ2) is 5.24. The Labute approximate surface area is 130 Å². The zero-order valence-electron chi connectivity index (χ0n) is 14.6. The highest BCUT2D eigenvalue weighted by molar-refractivity contribution is 7.72. The van der Waals surface area contributed by atoms with Crippen LogP contribution in [0.4, 0.5) is 0 Å².